The molecule has 1 saturated carbocycles. The summed E-state index contributed by atoms with van der Waals surface area (Å²) >= 11 is 12.0. The molecule has 0 radical (unpaired) electrons. The molecular weight excluding hydrogens is 353 g/mol. The molecule has 128 valence electrons. The van der Waals surface area contributed by atoms with E-state index in [4.69, 9.17) is 23.2 Å². The number of carbonyl (C=O) groups excluding carboxylic acids is 1. The first kappa shape index (κ1) is 17.0. The van der Waals surface area contributed by atoms with Crippen LogP contribution in [0.2, 0.25) is 10.0 Å². The molecule has 24 heavy (non-hydrogen) atoms. The van der Waals surface area contributed by atoms with Gasteiger partial charge in [-0.25, -0.2) is 9.59 Å². The molecule has 0 aliphatic heterocycles. The summed E-state index contributed by atoms with van der Waals surface area (Å²) in [6, 6.07) is 4.29. The minimum Gasteiger partial charge on any atom is -0.323 e. The molecule has 0 atom stereocenters. The molecule has 1 aliphatic carbocycles. The lowest BCUT2D eigenvalue weighted by Crippen LogP contribution is -2.44. The van der Waals surface area contributed by atoms with Crippen molar-refractivity contribution in [1.29, 1.82) is 0 Å². The normalized spacial score (nSPS) is 15.5. The van der Waals surface area contributed by atoms with E-state index in [1.54, 1.807) is 24.1 Å². The van der Waals surface area contributed by atoms with Crippen LogP contribution in [-0.2, 0) is 0 Å². The molecule has 1 aromatic carbocycles. The molecule has 1 amide bonds. The van der Waals surface area contributed by atoms with E-state index in [2.05, 4.69) is 10.4 Å². The molecule has 3 rings (SSSR count). The summed E-state index contributed by atoms with van der Waals surface area (Å²) in [5, 5.41) is 8.16. The highest BCUT2D eigenvalue weighted by Gasteiger charge is 2.26. The Morgan fingerprint density at radius 3 is 2.62 bits per heavy atom. The average molecular weight is 370 g/mol. The molecule has 7 nitrogen and oxygen atoms in total. The van der Waals surface area contributed by atoms with Crippen LogP contribution in [0.1, 0.15) is 32.1 Å². The Kier molecular flexibility index (Phi) is 4.91. The van der Waals surface area contributed by atoms with Crippen LogP contribution in [0.4, 0.5) is 4.79 Å². The van der Waals surface area contributed by atoms with Gasteiger partial charge in [0.15, 0.2) is 0 Å². The summed E-state index contributed by atoms with van der Waals surface area (Å²) in [5.41, 5.74) is -0.389. The van der Waals surface area contributed by atoms with Gasteiger partial charge in [-0.1, -0.05) is 42.5 Å². The highest BCUT2D eigenvalue weighted by Crippen LogP contribution is 2.23. The maximum absolute atomic E-state index is 12.6. The van der Waals surface area contributed by atoms with Crippen LogP contribution in [0.3, 0.4) is 0 Å². The zero-order valence-corrected chi connectivity index (χ0v) is 14.7. The first-order valence-corrected chi connectivity index (χ1v) is 8.52. The van der Waals surface area contributed by atoms with Crippen molar-refractivity contribution in [2.75, 3.05) is 7.05 Å². The van der Waals surface area contributed by atoms with Crippen molar-refractivity contribution in [2.45, 2.75) is 38.1 Å². The molecule has 0 unspecified atom stereocenters. The molecule has 0 spiro atoms. The molecule has 2 aromatic rings. The number of amides is 1. The summed E-state index contributed by atoms with van der Waals surface area (Å²) in [5.74, 6) is 0. The second-order valence-electron chi connectivity index (χ2n) is 5.87. The van der Waals surface area contributed by atoms with Crippen molar-refractivity contribution in [3.63, 3.8) is 0 Å². The quantitative estimate of drug-likeness (QED) is 0.762. The molecule has 1 heterocycles. The number of nitrogens with zero attached hydrogens (tertiary/aromatic N) is 5. The number of halogens is 2. The van der Waals surface area contributed by atoms with Crippen LogP contribution >= 0.6 is 23.2 Å². The van der Waals surface area contributed by atoms with Crippen LogP contribution in [0.15, 0.2) is 23.0 Å². The number of hydrogen-bond donors (Lipinski definition) is 0. The van der Waals surface area contributed by atoms with Gasteiger partial charge in [-0.15, -0.1) is 4.68 Å². The fourth-order valence-corrected chi connectivity index (χ4v) is 3.30. The third-order valence-corrected chi connectivity index (χ3v) is 4.88. The summed E-state index contributed by atoms with van der Waals surface area (Å²) in [7, 11) is 1.69. The standard InChI is InChI=1S/C15H17Cl2N5O2/c1-20(11-5-3-2-4-6-11)14(23)22-15(24)21(18-19-22)13-9-10(16)7-8-12(13)17/h7-9,11H,2-6H2,1H3. The van der Waals surface area contributed by atoms with Gasteiger partial charge in [-0.3, -0.25) is 0 Å². The third kappa shape index (κ3) is 3.18. The van der Waals surface area contributed by atoms with Crippen molar-refractivity contribution in [3.8, 4) is 5.69 Å². The second-order valence-corrected chi connectivity index (χ2v) is 6.71. The van der Waals surface area contributed by atoms with Crippen molar-refractivity contribution in [3.05, 3.63) is 38.7 Å². The van der Waals surface area contributed by atoms with Crippen molar-refractivity contribution in [2.24, 2.45) is 0 Å². The van der Waals surface area contributed by atoms with Gasteiger partial charge < -0.3 is 4.90 Å². The Morgan fingerprint density at radius 2 is 1.92 bits per heavy atom. The Labute approximate surface area is 148 Å². The van der Waals surface area contributed by atoms with E-state index in [-0.39, 0.29) is 11.7 Å². The predicted octanol–water partition coefficient (Wildman–Crippen LogP) is 2.97. The lowest BCUT2D eigenvalue weighted by Gasteiger charge is -2.30. The highest BCUT2D eigenvalue weighted by molar-refractivity contribution is 6.34. The van der Waals surface area contributed by atoms with E-state index in [0.717, 1.165) is 35.0 Å². The number of tetrazole rings is 1. The summed E-state index contributed by atoms with van der Waals surface area (Å²) < 4.78 is 1.73. The molecule has 0 bridgehead atoms. The molecule has 1 aliphatic rings. The van der Waals surface area contributed by atoms with E-state index in [9.17, 15) is 9.59 Å². The van der Waals surface area contributed by atoms with Gasteiger partial charge in [0.25, 0.3) is 0 Å². The maximum atomic E-state index is 12.6. The minimum absolute atomic E-state index is 0.123. The van der Waals surface area contributed by atoms with E-state index in [0.29, 0.717) is 10.0 Å². The SMILES string of the molecule is CN(C(=O)n1nnn(-c2cc(Cl)ccc2Cl)c1=O)C1CCCCC1. The van der Waals surface area contributed by atoms with Crippen LogP contribution in [0.5, 0.6) is 0 Å². The van der Waals surface area contributed by atoms with Gasteiger partial charge >= 0.3 is 11.7 Å². The summed E-state index contributed by atoms with van der Waals surface area (Å²) in [6.45, 7) is 0. The van der Waals surface area contributed by atoms with Crippen molar-refractivity contribution >= 4 is 29.2 Å². The fourth-order valence-electron chi connectivity index (χ4n) is 2.94. The van der Waals surface area contributed by atoms with Gasteiger partial charge in [0, 0.05) is 18.1 Å². The average Bonchev–Trinajstić information content (AvgIpc) is 2.98. The largest absolute Gasteiger partial charge is 0.377 e. The van der Waals surface area contributed by atoms with Crippen molar-refractivity contribution < 1.29 is 4.79 Å². The van der Waals surface area contributed by atoms with E-state index in [1.807, 2.05) is 0 Å². The molecule has 0 N–H and O–H groups in total. The topological polar surface area (TPSA) is 73.0 Å². The zero-order chi connectivity index (χ0) is 17.3. The second kappa shape index (κ2) is 6.94. The smallest absolute Gasteiger partial charge is 0.323 e. The number of hydrogen-bond acceptors (Lipinski definition) is 4. The predicted molar refractivity (Wildman–Crippen MR) is 91.1 cm³/mol. The van der Waals surface area contributed by atoms with Crippen LogP contribution < -0.4 is 5.69 Å². The van der Waals surface area contributed by atoms with Gasteiger partial charge in [0.2, 0.25) is 0 Å². The Balaban J connectivity index is 1.91. The number of aromatic nitrogens is 4. The van der Waals surface area contributed by atoms with Crippen LogP contribution in [0.25, 0.3) is 5.69 Å². The minimum atomic E-state index is -0.674. The Morgan fingerprint density at radius 1 is 1.21 bits per heavy atom. The monoisotopic (exact) mass is 369 g/mol. The van der Waals surface area contributed by atoms with Gasteiger partial charge in [-0.2, -0.15) is 4.68 Å². The van der Waals surface area contributed by atoms with Gasteiger partial charge in [-0.05, 0) is 41.5 Å². The number of rotatable bonds is 2. The summed E-state index contributed by atoms with van der Waals surface area (Å²) in [6.07, 6.45) is 5.22. The molecular formula is C15H17Cl2N5O2. The van der Waals surface area contributed by atoms with E-state index in [1.165, 1.54) is 12.5 Å². The first-order valence-electron chi connectivity index (χ1n) is 7.76. The highest BCUT2D eigenvalue weighted by atomic mass is 35.5. The van der Waals surface area contributed by atoms with Gasteiger partial charge in [0.1, 0.15) is 0 Å². The van der Waals surface area contributed by atoms with Crippen molar-refractivity contribution in [1.82, 2.24) is 24.7 Å². The Bertz CT molecular complexity index is 810. The van der Waals surface area contributed by atoms with E-state index < -0.39 is 11.7 Å². The molecule has 1 fully saturated rings. The zero-order valence-electron chi connectivity index (χ0n) is 13.2. The maximum Gasteiger partial charge on any atom is 0.377 e. The van der Waals surface area contributed by atoms with Crippen LogP contribution in [0, 0.1) is 0 Å². The fraction of sp³-hybridized carbons (Fsp3) is 0.467. The molecule has 0 saturated heterocycles. The van der Waals surface area contributed by atoms with Crippen LogP contribution in [-0.4, -0.2) is 43.8 Å². The van der Waals surface area contributed by atoms with Gasteiger partial charge in [0.05, 0.1) is 10.7 Å². The van der Waals surface area contributed by atoms with E-state index >= 15 is 0 Å². The lowest BCUT2D eigenvalue weighted by molar-refractivity contribution is 0.171. The lowest BCUT2D eigenvalue weighted by atomic mass is 9.95. The Hall–Kier alpha value is -1.86. The third-order valence-electron chi connectivity index (χ3n) is 4.32. The number of benzene rings is 1. The molecule has 9 heteroatoms. The number of carbonyl (C=O) groups is 1. The first-order chi connectivity index (χ1) is 11.5. The molecule has 1 aromatic heterocycles. The summed E-state index contributed by atoms with van der Waals surface area (Å²) in [4.78, 5) is 26.7.